The number of carbonyl (C=O) groups excluding carboxylic acids is 1. The number of nitrogens with one attached hydrogen (secondary N) is 2. The smallest absolute Gasteiger partial charge is 0.459 e. The van der Waals surface area contributed by atoms with Crippen molar-refractivity contribution in [1.29, 1.82) is 0 Å². The zero-order chi connectivity index (χ0) is 26.5. The van der Waals surface area contributed by atoms with Gasteiger partial charge < -0.3 is 19.1 Å². The lowest BCUT2D eigenvalue weighted by Crippen LogP contribution is -2.43. The van der Waals surface area contributed by atoms with Crippen molar-refractivity contribution < 1.29 is 42.6 Å². The predicted molar refractivity (Wildman–Crippen MR) is 123 cm³/mol. The van der Waals surface area contributed by atoms with Gasteiger partial charge >= 0.3 is 19.4 Å². The molecule has 1 unspecified atom stereocenters. The van der Waals surface area contributed by atoms with Crippen LogP contribution in [0.1, 0.15) is 27.0 Å². The van der Waals surface area contributed by atoms with E-state index in [1.54, 1.807) is 30.6 Å². The Morgan fingerprint density at radius 1 is 1.36 bits per heavy atom. The number of carbonyl (C=O) groups is 1. The molecule has 1 aromatic heterocycles. The molecule has 1 aromatic carbocycles. The number of aliphatic hydroxyl groups excluding tert-OH is 1. The van der Waals surface area contributed by atoms with Gasteiger partial charge in [-0.15, -0.1) is 0 Å². The van der Waals surface area contributed by atoms with Crippen LogP contribution in [0.15, 0.2) is 47.4 Å². The van der Waals surface area contributed by atoms with E-state index < -0.39 is 56.2 Å². The first-order chi connectivity index (χ1) is 17.0. The van der Waals surface area contributed by atoms with Crippen molar-refractivity contribution in [3.8, 4) is 5.75 Å². The predicted octanol–water partition coefficient (Wildman–Crippen LogP) is 1.78. The average Bonchev–Trinajstić information content (AvgIpc) is 3.06. The van der Waals surface area contributed by atoms with Gasteiger partial charge in [-0.2, -0.15) is 10.1 Å². The molecule has 4 N–H and O–H groups in total. The molecule has 0 amide bonds. The summed E-state index contributed by atoms with van der Waals surface area (Å²) < 4.78 is 51.2. The van der Waals surface area contributed by atoms with Crippen molar-refractivity contribution >= 4 is 19.5 Å². The van der Waals surface area contributed by atoms with Crippen molar-refractivity contribution in [2.24, 2.45) is 0 Å². The summed E-state index contributed by atoms with van der Waals surface area (Å²) in [6, 6.07) is 8.06. The molecular formula is C21H28FN4O9P. The molecule has 1 aliphatic heterocycles. The number of halogens is 1. The van der Waals surface area contributed by atoms with E-state index in [4.69, 9.17) is 23.7 Å². The topological polar surface area (TPSA) is 170 Å². The van der Waals surface area contributed by atoms with Crippen LogP contribution in [0.2, 0.25) is 0 Å². The van der Waals surface area contributed by atoms with Crippen LogP contribution in [0.4, 0.5) is 10.2 Å². The van der Waals surface area contributed by atoms with Crippen LogP contribution >= 0.6 is 7.75 Å². The van der Waals surface area contributed by atoms with Gasteiger partial charge in [-0.25, -0.2) is 13.8 Å². The number of nitrogens with zero attached hydrogens (tertiary/aromatic N) is 2. The molecule has 15 heteroatoms. The minimum absolute atomic E-state index is 0.0949. The monoisotopic (exact) mass is 530 g/mol. The molecule has 3 rings (SSSR count). The number of benzene rings is 1. The van der Waals surface area contributed by atoms with Gasteiger partial charge in [0, 0.05) is 6.20 Å². The molecule has 6 atom stereocenters. The fraction of sp³-hybridized carbons (Fsp3) is 0.476. The molecule has 0 saturated carbocycles. The molecule has 13 nitrogen and oxygen atoms in total. The third-order valence-electron chi connectivity index (χ3n) is 5.28. The third kappa shape index (κ3) is 6.27. The first kappa shape index (κ1) is 27.7. The number of ether oxygens (including phenoxy) is 2. The quantitative estimate of drug-likeness (QED) is 0.189. The lowest BCUT2D eigenvalue weighted by molar-refractivity contribution is -0.144. The van der Waals surface area contributed by atoms with Gasteiger partial charge in [0.2, 0.25) is 0 Å². The second-order valence-corrected chi connectivity index (χ2v) is 9.73. The first-order valence-corrected chi connectivity index (χ1v) is 12.5. The normalized spacial score (nSPS) is 26.1. The largest absolute Gasteiger partial charge is 0.465 e. The maximum absolute atomic E-state index is 15.5. The summed E-state index contributed by atoms with van der Waals surface area (Å²) in [5.41, 5.74) is -1.74. The summed E-state index contributed by atoms with van der Waals surface area (Å²) in [6.45, 7) is 3.48. The van der Waals surface area contributed by atoms with E-state index in [1.165, 1.54) is 25.1 Å². The molecule has 0 aliphatic carbocycles. The molecule has 0 spiro atoms. The Bertz CT molecular complexity index is 1150. The highest BCUT2D eigenvalue weighted by molar-refractivity contribution is 7.52. The Kier molecular flexibility index (Phi) is 8.82. The summed E-state index contributed by atoms with van der Waals surface area (Å²) in [7, 11) is -4.29. The van der Waals surface area contributed by atoms with E-state index in [2.05, 4.69) is 10.1 Å². The molecule has 36 heavy (non-hydrogen) atoms. The Balaban J connectivity index is 1.79. The minimum Gasteiger partial charge on any atom is -0.465 e. The van der Waals surface area contributed by atoms with Gasteiger partial charge in [-0.05, 0) is 39.0 Å². The number of hydrogen-bond donors (Lipinski definition) is 4. The Labute approximate surface area is 205 Å². The van der Waals surface area contributed by atoms with E-state index in [1.807, 2.05) is 0 Å². The number of alkyl halides is 1. The summed E-state index contributed by atoms with van der Waals surface area (Å²) in [4.78, 5) is 27.8. The van der Waals surface area contributed by atoms with Gasteiger partial charge in [0.05, 0.1) is 13.2 Å². The summed E-state index contributed by atoms with van der Waals surface area (Å²) in [6.07, 6.45) is -3.69. The van der Waals surface area contributed by atoms with Crippen molar-refractivity contribution in [3.63, 3.8) is 0 Å². The van der Waals surface area contributed by atoms with E-state index in [-0.39, 0.29) is 18.2 Å². The second kappa shape index (κ2) is 11.5. The molecule has 1 aliphatic rings. The van der Waals surface area contributed by atoms with E-state index in [0.29, 0.717) is 0 Å². The standard InChI is InChI=1S/C21H28FN4O9P/c1-4-32-18(28)13(2)25-36(31,35-14-8-6-5-7-9-14)33-12-15-17(27)21(3,22)19(34-15)26-11-10-16(24-30)23-20(26)29/h5-11,13,15,17,19,27,30H,4,12H2,1-3H3,(H,25,31)(H,23,24,29)/t13-,15+,17+,19+,21+,36?/m0/s1. The number of hydrogen-bond acceptors (Lipinski definition) is 11. The Morgan fingerprint density at radius 2 is 2.06 bits per heavy atom. The summed E-state index contributed by atoms with van der Waals surface area (Å²) >= 11 is 0. The number of aromatic nitrogens is 2. The first-order valence-electron chi connectivity index (χ1n) is 11.0. The molecule has 2 heterocycles. The lowest BCUT2D eigenvalue weighted by atomic mass is 9.98. The maximum Gasteiger partial charge on any atom is 0.459 e. The van der Waals surface area contributed by atoms with Crippen LogP contribution in [-0.2, 0) is 23.4 Å². The number of para-hydroxylation sites is 1. The van der Waals surface area contributed by atoms with E-state index in [9.17, 15) is 19.3 Å². The zero-order valence-corrected chi connectivity index (χ0v) is 20.6. The van der Waals surface area contributed by atoms with Gasteiger partial charge in [-0.3, -0.25) is 24.6 Å². The fourth-order valence-electron chi connectivity index (χ4n) is 3.44. The Hall–Kier alpha value is -2.87. The number of aliphatic hydroxyl groups is 1. The highest BCUT2D eigenvalue weighted by Gasteiger charge is 2.56. The number of rotatable bonds is 11. The third-order valence-corrected chi connectivity index (χ3v) is 6.93. The van der Waals surface area contributed by atoms with Crippen LogP contribution in [0.5, 0.6) is 5.75 Å². The van der Waals surface area contributed by atoms with E-state index >= 15 is 4.39 Å². The number of anilines is 1. The minimum atomic E-state index is -4.29. The van der Waals surface area contributed by atoms with Gasteiger partial charge in [0.25, 0.3) is 0 Å². The summed E-state index contributed by atoms with van der Waals surface area (Å²) in [5.74, 6) is -0.726. The Morgan fingerprint density at radius 3 is 2.67 bits per heavy atom. The number of esters is 1. The van der Waals surface area contributed by atoms with Crippen LogP contribution < -0.4 is 20.8 Å². The summed E-state index contributed by atoms with van der Waals surface area (Å²) in [5, 5.41) is 21.9. The molecular weight excluding hydrogens is 502 g/mol. The SMILES string of the molecule is CCOC(=O)[C@H](C)NP(=O)(OC[C@H]1O[C@@H](n2ccc(NO)nc2=O)[C@](C)(F)[C@@H]1O)Oc1ccccc1. The zero-order valence-electron chi connectivity index (χ0n) is 19.7. The molecule has 198 valence electrons. The molecule has 0 bridgehead atoms. The fourth-order valence-corrected chi connectivity index (χ4v) is 4.94. The van der Waals surface area contributed by atoms with Crippen molar-refractivity contribution in [2.75, 3.05) is 18.7 Å². The van der Waals surface area contributed by atoms with Gasteiger partial charge in [-0.1, -0.05) is 18.2 Å². The van der Waals surface area contributed by atoms with Crippen LogP contribution in [0.25, 0.3) is 0 Å². The van der Waals surface area contributed by atoms with E-state index in [0.717, 1.165) is 17.7 Å². The lowest BCUT2D eigenvalue weighted by Gasteiger charge is -2.25. The van der Waals surface area contributed by atoms with Crippen LogP contribution in [0.3, 0.4) is 0 Å². The highest BCUT2D eigenvalue weighted by Crippen LogP contribution is 2.47. The molecule has 1 saturated heterocycles. The van der Waals surface area contributed by atoms with Crippen molar-refractivity contribution in [2.45, 2.75) is 50.9 Å². The van der Waals surface area contributed by atoms with Crippen LogP contribution in [0, 0.1) is 0 Å². The van der Waals surface area contributed by atoms with Crippen LogP contribution in [-0.4, -0.2) is 63.0 Å². The van der Waals surface area contributed by atoms with Gasteiger partial charge in [0.15, 0.2) is 17.7 Å². The molecule has 2 aromatic rings. The van der Waals surface area contributed by atoms with Crippen molar-refractivity contribution in [3.05, 3.63) is 53.1 Å². The molecule has 1 fully saturated rings. The molecule has 0 radical (unpaired) electrons. The average molecular weight is 530 g/mol. The second-order valence-electron chi connectivity index (χ2n) is 8.04. The van der Waals surface area contributed by atoms with Crippen molar-refractivity contribution in [1.82, 2.24) is 14.6 Å². The van der Waals surface area contributed by atoms with Gasteiger partial charge in [0.1, 0.15) is 24.0 Å². The maximum atomic E-state index is 15.5. The highest BCUT2D eigenvalue weighted by atomic mass is 31.2.